The number of para-hydroxylation sites is 1. The molecule has 2 aromatic rings. The van der Waals surface area contributed by atoms with Crippen LogP contribution in [0.3, 0.4) is 0 Å². The number of fused-ring (bicyclic) bond motifs is 1. The van der Waals surface area contributed by atoms with Gasteiger partial charge < -0.3 is 10.1 Å². The van der Waals surface area contributed by atoms with E-state index in [0.29, 0.717) is 0 Å². The Morgan fingerprint density at radius 2 is 2.05 bits per heavy atom. The summed E-state index contributed by atoms with van der Waals surface area (Å²) in [6.45, 7) is 1.80. The summed E-state index contributed by atoms with van der Waals surface area (Å²) in [7, 11) is 0. The van der Waals surface area contributed by atoms with Crippen LogP contribution >= 0.6 is 0 Å². The molecule has 106 valence electrons. The van der Waals surface area contributed by atoms with Crippen LogP contribution in [0.5, 0.6) is 5.75 Å². The predicted molar refractivity (Wildman–Crippen MR) is 82.1 cm³/mol. The lowest BCUT2D eigenvalue weighted by Crippen LogP contribution is -2.27. The Kier molecular flexibility index (Phi) is 4.49. The largest absolute Gasteiger partial charge is 0.492 e. The molecule has 1 aromatic carbocycles. The number of rotatable bonds is 6. The SMILES string of the molecule is c1ccc2ncc(OCCCNC3CCCC3)cc2c1. The number of nitrogens with one attached hydrogen (secondary N) is 1. The van der Waals surface area contributed by atoms with Gasteiger partial charge in [0.05, 0.1) is 18.3 Å². The van der Waals surface area contributed by atoms with E-state index in [1.807, 2.05) is 24.4 Å². The summed E-state index contributed by atoms with van der Waals surface area (Å²) in [5, 5.41) is 4.74. The zero-order valence-corrected chi connectivity index (χ0v) is 11.8. The molecular weight excluding hydrogens is 248 g/mol. The molecule has 3 rings (SSSR count). The summed E-state index contributed by atoms with van der Waals surface area (Å²) in [6.07, 6.45) is 8.31. The zero-order valence-electron chi connectivity index (χ0n) is 11.8. The molecule has 1 aromatic heterocycles. The van der Waals surface area contributed by atoms with Crippen molar-refractivity contribution in [3.63, 3.8) is 0 Å². The molecule has 0 amide bonds. The molecule has 1 N–H and O–H groups in total. The van der Waals surface area contributed by atoms with Gasteiger partial charge in [0.15, 0.2) is 0 Å². The molecule has 1 heterocycles. The number of hydrogen-bond acceptors (Lipinski definition) is 3. The Morgan fingerprint density at radius 3 is 2.95 bits per heavy atom. The van der Waals surface area contributed by atoms with Gasteiger partial charge in [-0.1, -0.05) is 31.0 Å². The first-order valence-corrected chi connectivity index (χ1v) is 7.63. The van der Waals surface area contributed by atoms with Crippen LogP contribution in [-0.4, -0.2) is 24.2 Å². The van der Waals surface area contributed by atoms with E-state index in [1.54, 1.807) is 0 Å². The normalized spacial score (nSPS) is 15.8. The van der Waals surface area contributed by atoms with Crippen LogP contribution in [0.15, 0.2) is 36.5 Å². The van der Waals surface area contributed by atoms with Crippen LogP contribution in [0, 0.1) is 0 Å². The molecule has 0 spiro atoms. The van der Waals surface area contributed by atoms with Gasteiger partial charge in [0.25, 0.3) is 0 Å². The number of nitrogens with zero attached hydrogens (tertiary/aromatic N) is 1. The second-order valence-electron chi connectivity index (χ2n) is 5.50. The maximum absolute atomic E-state index is 5.78. The van der Waals surface area contributed by atoms with Crippen LogP contribution in [0.4, 0.5) is 0 Å². The van der Waals surface area contributed by atoms with Crippen molar-refractivity contribution >= 4 is 10.9 Å². The fourth-order valence-corrected chi connectivity index (χ4v) is 2.83. The highest BCUT2D eigenvalue weighted by atomic mass is 16.5. The number of aromatic nitrogens is 1. The van der Waals surface area contributed by atoms with Gasteiger partial charge in [-0.15, -0.1) is 0 Å². The minimum absolute atomic E-state index is 0.748. The van der Waals surface area contributed by atoms with Gasteiger partial charge in [-0.25, -0.2) is 0 Å². The molecule has 1 saturated carbocycles. The molecule has 0 saturated heterocycles. The van der Waals surface area contributed by atoms with Crippen molar-refractivity contribution in [3.8, 4) is 5.75 Å². The lowest BCUT2D eigenvalue weighted by atomic mass is 10.2. The minimum Gasteiger partial charge on any atom is -0.492 e. The smallest absolute Gasteiger partial charge is 0.138 e. The second kappa shape index (κ2) is 6.71. The van der Waals surface area contributed by atoms with Crippen molar-refractivity contribution in [1.82, 2.24) is 10.3 Å². The van der Waals surface area contributed by atoms with Crippen LogP contribution in [0.25, 0.3) is 10.9 Å². The molecule has 1 fully saturated rings. The minimum atomic E-state index is 0.748. The molecular formula is C17H22N2O. The second-order valence-corrected chi connectivity index (χ2v) is 5.50. The van der Waals surface area contributed by atoms with Crippen molar-refractivity contribution in [2.24, 2.45) is 0 Å². The van der Waals surface area contributed by atoms with E-state index < -0.39 is 0 Å². The van der Waals surface area contributed by atoms with Gasteiger partial charge in [0.1, 0.15) is 5.75 Å². The summed E-state index contributed by atoms with van der Waals surface area (Å²) in [5.74, 6) is 0.865. The zero-order chi connectivity index (χ0) is 13.6. The van der Waals surface area contributed by atoms with Crippen LogP contribution in [0.1, 0.15) is 32.1 Å². The summed E-state index contributed by atoms with van der Waals surface area (Å²) >= 11 is 0. The van der Waals surface area contributed by atoms with E-state index >= 15 is 0 Å². The molecule has 0 atom stereocenters. The lowest BCUT2D eigenvalue weighted by molar-refractivity contribution is 0.304. The fourth-order valence-electron chi connectivity index (χ4n) is 2.83. The van der Waals surface area contributed by atoms with Gasteiger partial charge in [0, 0.05) is 11.4 Å². The Hall–Kier alpha value is -1.61. The average molecular weight is 270 g/mol. The van der Waals surface area contributed by atoms with Crippen molar-refractivity contribution < 1.29 is 4.74 Å². The summed E-state index contributed by atoms with van der Waals surface area (Å²) in [6, 6.07) is 10.9. The molecule has 20 heavy (non-hydrogen) atoms. The lowest BCUT2D eigenvalue weighted by Gasteiger charge is -2.12. The molecule has 3 heteroatoms. The Morgan fingerprint density at radius 1 is 1.20 bits per heavy atom. The van der Waals surface area contributed by atoms with Crippen LogP contribution < -0.4 is 10.1 Å². The third-order valence-electron chi connectivity index (χ3n) is 3.94. The summed E-state index contributed by atoms with van der Waals surface area (Å²) < 4.78 is 5.78. The van der Waals surface area contributed by atoms with Crippen molar-refractivity contribution in [2.75, 3.05) is 13.2 Å². The molecule has 0 bridgehead atoms. The quantitative estimate of drug-likeness (QED) is 0.815. The fraction of sp³-hybridized carbons (Fsp3) is 0.471. The van der Waals surface area contributed by atoms with E-state index in [-0.39, 0.29) is 0 Å². The van der Waals surface area contributed by atoms with Gasteiger partial charge in [-0.3, -0.25) is 4.98 Å². The molecule has 0 unspecified atom stereocenters. The Labute approximate surface area is 120 Å². The standard InChI is InChI=1S/C17H22N2O/c1-4-9-17-14(6-1)12-16(13-19-17)20-11-5-10-18-15-7-2-3-8-15/h1,4,6,9,12-13,15,18H,2-3,5,7-8,10-11H2. The van der Waals surface area contributed by atoms with Gasteiger partial charge in [0.2, 0.25) is 0 Å². The monoisotopic (exact) mass is 270 g/mol. The predicted octanol–water partition coefficient (Wildman–Crippen LogP) is 3.54. The average Bonchev–Trinajstić information content (AvgIpc) is 3.00. The van der Waals surface area contributed by atoms with Gasteiger partial charge >= 0.3 is 0 Å². The number of hydrogen-bond donors (Lipinski definition) is 1. The Balaban J connectivity index is 1.42. The van der Waals surface area contributed by atoms with Crippen LogP contribution in [0.2, 0.25) is 0 Å². The first-order chi connectivity index (χ1) is 9.92. The maximum atomic E-state index is 5.78. The van der Waals surface area contributed by atoms with E-state index in [4.69, 9.17) is 4.74 Å². The molecule has 0 aliphatic heterocycles. The van der Waals surface area contributed by atoms with Crippen LogP contribution in [-0.2, 0) is 0 Å². The highest BCUT2D eigenvalue weighted by molar-refractivity contribution is 5.79. The first kappa shape index (κ1) is 13.4. The van der Waals surface area contributed by atoms with E-state index in [2.05, 4.69) is 22.4 Å². The molecule has 1 aliphatic rings. The molecule has 0 radical (unpaired) electrons. The molecule has 3 nitrogen and oxygen atoms in total. The summed E-state index contributed by atoms with van der Waals surface area (Å²) in [5.41, 5.74) is 1.02. The first-order valence-electron chi connectivity index (χ1n) is 7.63. The number of ether oxygens (including phenoxy) is 1. The number of pyridine rings is 1. The third kappa shape index (κ3) is 3.48. The van der Waals surface area contributed by atoms with Gasteiger partial charge in [-0.2, -0.15) is 0 Å². The maximum Gasteiger partial charge on any atom is 0.138 e. The van der Waals surface area contributed by atoms with E-state index in [1.165, 1.54) is 25.7 Å². The van der Waals surface area contributed by atoms with Crippen molar-refractivity contribution in [1.29, 1.82) is 0 Å². The summed E-state index contributed by atoms with van der Waals surface area (Å²) in [4.78, 5) is 4.40. The van der Waals surface area contributed by atoms with Gasteiger partial charge in [-0.05, 0) is 37.9 Å². The Bertz CT molecular complexity index is 549. The molecule has 1 aliphatic carbocycles. The highest BCUT2D eigenvalue weighted by Crippen LogP contribution is 2.18. The van der Waals surface area contributed by atoms with E-state index in [9.17, 15) is 0 Å². The van der Waals surface area contributed by atoms with Crippen molar-refractivity contribution in [3.05, 3.63) is 36.5 Å². The third-order valence-corrected chi connectivity index (χ3v) is 3.94. The highest BCUT2D eigenvalue weighted by Gasteiger charge is 2.13. The number of benzene rings is 1. The van der Waals surface area contributed by atoms with E-state index in [0.717, 1.165) is 42.3 Å². The van der Waals surface area contributed by atoms with Crippen molar-refractivity contribution in [2.45, 2.75) is 38.1 Å². The topological polar surface area (TPSA) is 34.1 Å².